The van der Waals surface area contributed by atoms with Gasteiger partial charge >= 0.3 is 0 Å². The van der Waals surface area contributed by atoms with Gasteiger partial charge in [-0.25, -0.2) is 0 Å². The van der Waals surface area contributed by atoms with Crippen molar-refractivity contribution in [1.82, 2.24) is 19.7 Å². The van der Waals surface area contributed by atoms with Crippen molar-refractivity contribution in [3.63, 3.8) is 0 Å². The second kappa shape index (κ2) is 7.22. The summed E-state index contributed by atoms with van der Waals surface area (Å²) >= 11 is 0. The van der Waals surface area contributed by atoms with E-state index in [1.807, 2.05) is 9.47 Å². The summed E-state index contributed by atoms with van der Waals surface area (Å²) in [6, 6.07) is 0. The molecule has 2 aliphatic heterocycles. The Morgan fingerprint density at radius 1 is 1.23 bits per heavy atom. The van der Waals surface area contributed by atoms with Gasteiger partial charge in [-0.15, -0.1) is 10.2 Å². The third-order valence-electron chi connectivity index (χ3n) is 4.52. The lowest BCUT2D eigenvalue weighted by atomic mass is 10.1. The molecule has 2 aliphatic rings. The van der Waals surface area contributed by atoms with Crippen LogP contribution in [0.2, 0.25) is 0 Å². The van der Waals surface area contributed by atoms with Crippen LogP contribution in [0.3, 0.4) is 0 Å². The molecule has 1 saturated heterocycles. The first-order chi connectivity index (χ1) is 10.8. The molecule has 22 heavy (non-hydrogen) atoms. The van der Waals surface area contributed by atoms with Crippen molar-refractivity contribution in [2.24, 2.45) is 0 Å². The third kappa shape index (κ3) is 3.32. The molecule has 1 aromatic heterocycles. The van der Waals surface area contributed by atoms with E-state index in [1.54, 1.807) is 0 Å². The molecule has 3 heterocycles. The molecule has 1 fully saturated rings. The Morgan fingerprint density at radius 2 is 2.14 bits per heavy atom. The van der Waals surface area contributed by atoms with Crippen molar-refractivity contribution in [3.8, 4) is 0 Å². The largest absolute Gasteiger partial charge is 0.376 e. The monoisotopic (exact) mass is 306 g/mol. The molecule has 0 unspecified atom stereocenters. The fourth-order valence-electron chi connectivity index (χ4n) is 3.33. The minimum atomic E-state index is 0.0189. The molecule has 3 rings (SSSR count). The molecular formula is C16H26N4O2. The summed E-state index contributed by atoms with van der Waals surface area (Å²) in [7, 11) is 0. The highest BCUT2D eigenvalue weighted by atomic mass is 16.5. The predicted octanol–water partition coefficient (Wildman–Crippen LogP) is 2.04. The molecular weight excluding hydrogens is 280 g/mol. The minimum Gasteiger partial charge on any atom is -0.376 e. The lowest BCUT2D eigenvalue weighted by Gasteiger charge is -2.32. The van der Waals surface area contributed by atoms with Crippen LogP contribution in [0.4, 0.5) is 0 Å². The van der Waals surface area contributed by atoms with Crippen molar-refractivity contribution < 1.29 is 9.53 Å². The number of rotatable bonds is 4. The van der Waals surface area contributed by atoms with E-state index in [0.717, 1.165) is 64.0 Å². The normalized spacial score (nSPS) is 22.2. The number of ether oxygens (including phenoxy) is 1. The number of fused-ring (bicyclic) bond motifs is 1. The van der Waals surface area contributed by atoms with Crippen LogP contribution in [-0.4, -0.2) is 51.4 Å². The Bertz CT molecular complexity index is 514. The number of carbonyl (C=O) groups is 1. The van der Waals surface area contributed by atoms with Gasteiger partial charge in [-0.2, -0.15) is 0 Å². The summed E-state index contributed by atoms with van der Waals surface area (Å²) in [6.45, 7) is 5.23. The van der Waals surface area contributed by atoms with Crippen LogP contribution in [0.1, 0.15) is 61.9 Å². The van der Waals surface area contributed by atoms with E-state index >= 15 is 0 Å². The van der Waals surface area contributed by atoms with Crippen LogP contribution in [0.5, 0.6) is 0 Å². The maximum absolute atomic E-state index is 12.8. The average molecular weight is 306 g/mol. The molecule has 122 valence electrons. The number of hydrogen-bond acceptors (Lipinski definition) is 4. The number of piperidine rings is 1. The first-order valence-electron chi connectivity index (χ1n) is 8.62. The molecule has 0 aliphatic carbocycles. The maximum atomic E-state index is 12.8. The molecule has 0 radical (unpaired) electrons. The highest BCUT2D eigenvalue weighted by Crippen LogP contribution is 2.19. The van der Waals surface area contributed by atoms with Crippen molar-refractivity contribution in [3.05, 3.63) is 11.6 Å². The number of nitrogens with zero attached hydrogens (tertiary/aromatic N) is 4. The van der Waals surface area contributed by atoms with Crippen LogP contribution in [-0.2, 0) is 17.7 Å². The Labute approximate surface area is 131 Å². The number of likely N-dealkylation sites (tertiary alicyclic amines) is 1. The highest BCUT2D eigenvalue weighted by Gasteiger charge is 2.29. The molecule has 6 heteroatoms. The number of amides is 1. The van der Waals surface area contributed by atoms with Gasteiger partial charge in [0.1, 0.15) is 5.82 Å². The lowest BCUT2D eigenvalue weighted by Crippen LogP contribution is -2.44. The summed E-state index contributed by atoms with van der Waals surface area (Å²) in [4.78, 5) is 14.7. The third-order valence-corrected chi connectivity index (χ3v) is 4.52. The Morgan fingerprint density at radius 3 is 3.00 bits per heavy atom. The number of aryl methyl sites for hydroxylation is 1. The van der Waals surface area contributed by atoms with Gasteiger partial charge < -0.3 is 14.2 Å². The zero-order chi connectivity index (χ0) is 15.4. The van der Waals surface area contributed by atoms with Gasteiger partial charge in [-0.3, -0.25) is 4.79 Å². The van der Waals surface area contributed by atoms with Gasteiger partial charge in [-0.05, 0) is 32.1 Å². The van der Waals surface area contributed by atoms with Crippen molar-refractivity contribution in [1.29, 1.82) is 0 Å². The fraction of sp³-hybridized carbons (Fsp3) is 0.812. The zero-order valence-corrected chi connectivity index (χ0v) is 13.5. The summed E-state index contributed by atoms with van der Waals surface area (Å²) in [6.07, 6.45) is 7.61. The Hall–Kier alpha value is -1.43. The fourth-order valence-corrected chi connectivity index (χ4v) is 3.33. The number of hydrogen-bond donors (Lipinski definition) is 0. The first-order valence-corrected chi connectivity index (χ1v) is 8.62. The van der Waals surface area contributed by atoms with E-state index in [-0.39, 0.29) is 12.0 Å². The standard InChI is InChI=1S/C16H26N4O2/c1-2-11-22-13-7-6-9-19(12-13)16(21)15-18-17-14-8-4-3-5-10-20(14)15/h13H,2-12H2,1H3/t13-/m0/s1. The first kappa shape index (κ1) is 15.5. The van der Waals surface area contributed by atoms with Gasteiger partial charge in [0.2, 0.25) is 5.82 Å². The van der Waals surface area contributed by atoms with Gasteiger partial charge in [-0.1, -0.05) is 13.3 Å². The smallest absolute Gasteiger partial charge is 0.291 e. The van der Waals surface area contributed by atoms with E-state index in [0.29, 0.717) is 12.4 Å². The predicted molar refractivity (Wildman–Crippen MR) is 82.7 cm³/mol. The van der Waals surface area contributed by atoms with E-state index < -0.39 is 0 Å². The van der Waals surface area contributed by atoms with Crippen molar-refractivity contribution in [2.75, 3.05) is 19.7 Å². The number of carbonyl (C=O) groups excluding carboxylic acids is 1. The van der Waals surface area contributed by atoms with E-state index in [2.05, 4.69) is 17.1 Å². The SMILES string of the molecule is CCCO[C@H]1CCCN(C(=O)c2nnc3n2CCCCC3)C1. The van der Waals surface area contributed by atoms with E-state index in [1.165, 1.54) is 6.42 Å². The summed E-state index contributed by atoms with van der Waals surface area (Å²) in [5.74, 6) is 1.51. The quantitative estimate of drug-likeness (QED) is 0.854. The molecule has 1 atom stereocenters. The summed E-state index contributed by atoms with van der Waals surface area (Å²) in [5, 5.41) is 8.42. The number of aromatic nitrogens is 3. The van der Waals surface area contributed by atoms with Crippen LogP contribution < -0.4 is 0 Å². The van der Waals surface area contributed by atoms with E-state index in [4.69, 9.17) is 4.74 Å². The van der Waals surface area contributed by atoms with Gasteiger partial charge in [0.15, 0.2) is 0 Å². The molecule has 0 aromatic carbocycles. The van der Waals surface area contributed by atoms with Crippen LogP contribution in [0.15, 0.2) is 0 Å². The van der Waals surface area contributed by atoms with E-state index in [9.17, 15) is 4.79 Å². The minimum absolute atomic E-state index is 0.0189. The topological polar surface area (TPSA) is 60.2 Å². The van der Waals surface area contributed by atoms with Crippen LogP contribution >= 0.6 is 0 Å². The van der Waals surface area contributed by atoms with Crippen molar-refractivity contribution in [2.45, 2.75) is 64.5 Å². The van der Waals surface area contributed by atoms with Crippen molar-refractivity contribution >= 4 is 5.91 Å². The lowest BCUT2D eigenvalue weighted by molar-refractivity contribution is 0.00154. The van der Waals surface area contributed by atoms with Gasteiger partial charge in [0, 0.05) is 32.7 Å². The molecule has 0 bridgehead atoms. The van der Waals surface area contributed by atoms with Gasteiger partial charge in [0.25, 0.3) is 5.91 Å². The second-order valence-electron chi connectivity index (χ2n) is 6.29. The molecule has 0 saturated carbocycles. The molecule has 1 amide bonds. The van der Waals surface area contributed by atoms with Gasteiger partial charge in [0.05, 0.1) is 6.10 Å². The summed E-state index contributed by atoms with van der Waals surface area (Å²) < 4.78 is 7.86. The van der Waals surface area contributed by atoms with Crippen LogP contribution in [0, 0.1) is 0 Å². The van der Waals surface area contributed by atoms with Crippen LogP contribution in [0.25, 0.3) is 0 Å². The Kier molecular flexibility index (Phi) is 5.08. The zero-order valence-electron chi connectivity index (χ0n) is 13.5. The molecule has 0 N–H and O–H groups in total. The molecule has 1 aromatic rings. The average Bonchev–Trinajstić information content (AvgIpc) is 2.81. The molecule has 0 spiro atoms. The Balaban J connectivity index is 1.69. The second-order valence-corrected chi connectivity index (χ2v) is 6.29. The summed E-state index contributed by atoms with van der Waals surface area (Å²) in [5.41, 5.74) is 0. The molecule has 6 nitrogen and oxygen atoms in total. The highest BCUT2D eigenvalue weighted by molar-refractivity contribution is 5.90. The maximum Gasteiger partial charge on any atom is 0.291 e.